The van der Waals surface area contributed by atoms with Crippen LogP contribution in [0.1, 0.15) is 18.1 Å². The van der Waals surface area contributed by atoms with E-state index in [1.165, 1.54) is 11.1 Å². The summed E-state index contributed by atoms with van der Waals surface area (Å²) in [6.45, 7) is 7.18. The van der Waals surface area contributed by atoms with E-state index < -0.39 is 0 Å². The summed E-state index contributed by atoms with van der Waals surface area (Å²) >= 11 is 0. The Balaban J connectivity index is 2.51. The maximum absolute atomic E-state index is 5.62. The Kier molecular flexibility index (Phi) is 4.79. The highest BCUT2D eigenvalue weighted by Gasteiger charge is 2.06. The molecule has 15 heavy (non-hydrogen) atoms. The van der Waals surface area contributed by atoms with Gasteiger partial charge < -0.3 is 10.6 Å². The monoisotopic (exact) mass is 206 g/mol. The molecule has 0 aromatic heterocycles. The van der Waals surface area contributed by atoms with Crippen LogP contribution in [0.5, 0.6) is 0 Å². The molecule has 1 aromatic carbocycles. The molecule has 2 N–H and O–H groups in total. The fourth-order valence-electron chi connectivity index (χ4n) is 1.75. The highest BCUT2D eigenvalue weighted by Crippen LogP contribution is 2.10. The van der Waals surface area contributed by atoms with Gasteiger partial charge >= 0.3 is 0 Å². The standard InChI is InChI=1S/C13H22N2/c1-11(8-14)9-15(3)10-13-7-5-4-6-12(13)2/h4-7,11H,8-10,14H2,1-3H3. The fourth-order valence-corrected chi connectivity index (χ4v) is 1.75. The zero-order valence-electron chi connectivity index (χ0n) is 10.0. The van der Waals surface area contributed by atoms with Gasteiger partial charge in [0.15, 0.2) is 0 Å². The van der Waals surface area contributed by atoms with Crippen molar-refractivity contribution in [3.05, 3.63) is 35.4 Å². The normalized spacial score (nSPS) is 13.1. The molecule has 0 radical (unpaired) electrons. The van der Waals surface area contributed by atoms with Crippen molar-refractivity contribution in [2.45, 2.75) is 20.4 Å². The van der Waals surface area contributed by atoms with Crippen molar-refractivity contribution in [1.29, 1.82) is 0 Å². The minimum atomic E-state index is 0.569. The van der Waals surface area contributed by atoms with Crippen LogP contribution in [0.2, 0.25) is 0 Å². The van der Waals surface area contributed by atoms with Gasteiger partial charge in [-0.25, -0.2) is 0 Å². The number of nitrogens with two attached hydrogens (primary N) is 1. The number of nitrogens with zero attached hydrogens (tertiary/aromatic N) is 1. The van der Waals surface area contributed by atoms with E-state index in [2.05, 4.69) is 50.1 Å². The van der Waals surface area contributed by atoms with Crippen molar-refractivity contribution in [3.63, 3.8) is 0 Å². The Morgan fingerprint density at radius 3 is 2.60 bits per heavy atom. The Bertz CT molecular complexity index is 296. The number of hydrogen-bond acceptors (Lipinski definition) is 2. The summed E-state index contributed by atoms with van der Waals surface area (Å²) in [5, 5.41) is 0. The highest BCUT2D eigenvalue weighted by molar-refractivity contribution is 5.25. The second-order valence-electron chi connectivity index (χ2n) is 4.46. The topological polar surface area (TPSA) is 29.3 Å². The lowest BCUT2D eigenvalue weighted by Crippen LogP contribution is -2.28. The predicted octanol–water partition coefficient (Wildman–Crippen LogP) is 2.02. The van der Waals surface area contributed by atoms with Gasteiger partial charge in [0.25, 0.3) is 0 Å². The van der Waals surface area contributed by atoms with E-state index in [0.29, 0.717) is 5.92 Å². The molecule has 0 saturated carbocycles. The Morgan fingerprint density at radius 1 is 1.33 bits per heavy atom. The van der Waals surface area contributed by atoms with Crippen molar-refractivity contribution >= 4 is 0 Å². The second kappa shape index (κ2) is 5.89. The summed E-state index contributed by atoms with van der Waals surface area (Å²) < 4.78 is 0. The van der Waals surface area contributed by atoms with Crippen LogP contribution in [-0.2, 0) is 6.54 Å². The SMILES string of the molecule is Cc1ccccc1CN(C)CC(C)CN. The average Bonchev–Trinajstić information content (AvgIpc) is 2.21. The summed E-state index contributed by atoms with van der Waals surface area (Å²) in [4.78, 5) is 2.33. The minimum Gasteiger partial charge on any atom is -0.330 e. The lowest BCUT2D eigenvalue weighted by atomic mass is 10.1. The maximum atomic E-state index is 5.62. The molecule has 0 amide bonds. The van der Waals surface area contributed by atoms with Crippen molar-refractivity contribution in [2.24, 2.45) is 11.7 Å². The summed E-state index contributed by atoms with van der Waals surface area (Å²) in [6.07, 6.45) is 0. The van der Waals surface area contributed by atoms with E-state index in [4.69, 9.17) is 5.73 Å². The molecular formula is C13H22N2. The average molecular weight is 206 g/mol. The molecule has 0 saturated heterocycles. The van der Waals surface area contributed by atoms with E-state index in [-0.39, 0.29) is 0 Å². The zero-order valence-corrected chi connectivity index (χ0v) is 10.0. The van der Waals surface area contributed by atoms with Crippen LogP contribution in [0, 0.1) is 12.8 Å². The van der Waals surface area contributed by atoms with Gasteiger partial charge in [0.2, 0.25) is 0 Å². The molecule has 0 aliphatic carbocycles. The first-order valence-corrected chi connectivity index (χ1v) is 5.56. The van der Waals surface area contributed by atoms with Gasteiger partial charge in [-0.3, -0.25) is 0 Å². The molecule has 1 aromatic rings. The number of aryl methyl sites for hydroxylation is 1. The lowest BCUT2D eigenvalue weighted by Gasteiger charge is -2.21. The molecular weight excluding hydrogens is 184 g/mol. The molecule has 1 unspecified atom stereocenters. The summed E-state index contributed by atoms with van der Waals surface area (Å²) in [5.74, 6) is 0.569. The third-order valence-corrected chi connectivity index (χ3v) is 2.73. The fraction of sp³-hybridized carbons (Fsp3) is 0.538. The van der Waals surface area contributed by atoms with Crippen LogP contribution < -0.4 is 5.73 Å². The molecule has 84 valence electrons. The Labute approximate surface area is 93.1 Å². The molecule has 0 heterocycles. The van der Waals surface area contributed by atoms with Crippen LogP contribution in [0.3, 0.4) is 0 Å². The number of rotatable bonds is 5. The summed E-state index contributed by atoms with van der Waals surface area (Å²) in [6, 6.07) is 8.54. The molecule has 0 spiro atoms. The van der Waals surface area contributed by atoms with E-state index in [9.17, 15) is 0 Å². The first-order valence-electron chi connectivity index (χ1n) is 5.56. The lowest BCUT2D eigenvalue weighted by molar-refractivity contribution is 0.281. The van der Waals surface area contributed by atoms with Gasteiger partial charge in [-0.05, 0) is 37.6 Å². The van der Waals surface area contributed by atoms with Gasteiger partial charge in [-0.15, -0.1) is 0 Å². The van der Waals surface area contributed by atoms with Gasteiger partial charge in [0, 0.05) is 13.1 Å². The largest absolute Gasteiger partial charge is 0.330 e. The van der Waals surface area contributed by atoms with Crippen LogP contribution in [-0.4, -0.2) is 25.0 Å². The van der Waals surface area contributed by atoms with Crippen molar-refractivity contribution in [1.82, 2.24) is 4.90 Å². The molecule has 0 aliphatic rings. The van der Waals surface area contributed by atoms with Gasteiger partial charge in [0.05, 0.1) is 0 Å². The molecule has 2 nitrogen and oxygen atoms in total. The smallest absolute Gasteiger partial charge is 0.0233 e. The Hall–Kier alpha value is -0.860. The van der Waals surface area contributed by atoms with Gasteiger partial charge in [-0.2, -0.15) is 0 Å². The number of benzene rings is 1. The van der Waals surface area contributed by atoms with E-state index >= 15 is 0 Å². The summed E-state index contributed by atoms with van der Waals surface area (Å²) in [7, 11) is 2.15. The molecule has 0 fully saturated rings. The van der Waals surface area contributed by atoms with E-state index in [0.717, 1.165) is 19.6 Å². The summed E-state index contributed by atoms with van der Waals surface area (Å²) in [5.41, 5.74) is 8.39. The van der Waals surface area contributed by atoms with E-state index in [1.54, 1.807) is 0 Å². The first-order chi connectivity index (χ1) is 7.13. The third-order valence-electron chi connectivity index (χ3n) is 2.73. The number of hydrogen-bond donors (Lipinski definition) is 1. The highest BCUT2D eigenvalue weighted by atomic mass is 15.1. The molecule has 0 bridgehead atoms. The molecule has 0 aliphatic heterocycles. The molecule has 1 rings (SSSR count). The molecule has 2 heteroatoms. The third kappa shape index (κ3) is 4.02. The van der Waals surface area contributed by atoms with E-state index in [1.807, 2.05) is 0 Å². The second-order valence-corrected chi connectivity index (χ2v) is 4.46. The van der Waals surface area contributed by atoms with Crippen LogP contribution in [0.4, 0.5) is 0 Å². The van der Waals surface area contributed by atoms with Crippen molar-refractivity contribution < 1.29 is 0 Å². The predicted molar refractivity (Wildman–Crippen MR) is 65.7 cm³/mol. The van der Waals surface area contributed by atoms with Gasteiger partial charge in [0.1, 0.15) is 0 Å². The zero-order chi connectivity index (χ0) is 11.3. The Morgan fingerprint density at radius 2 is 2.00 bits per heavy atom. The quantitative estimate of drug-likeness (QED) is 0.798. The first kappa shape index (κ1) is 12.2. The maximum Gasteiger partial charge on any atom is 0.0233 e. The van der Waals surface area contributed by atoms with Crippen LogP contribution >= 0.6 is 0 Å². The van der Waals surface area contributed by atoms with Crippen LogP contribution in [0.15, 0.2) is 24.3 Å². The van der Waals surface area contributed by atoms with Crippen molar-refractivity contribution in [3.8, 4) is 0 Å². The molecule has 1 atom stereocenters. The minimum absolute atomic E-state index is 0.569. The van der Waals surface area contributed by atoms with Gasteiger partial charge in [-0.1, -0.05) is 31.2 Å². The van der Waals surface area contributed by atoms with Crippen molar-refractivity contribution in [2.75, 3.05) is 20.1 Å². The van der Waals surface area contributed by atoms with Crippen LogP contribution in [0.25, 0.3) is 0 Å².